The number of hydrogen-bond acceptors (Lipinski definition) is 4. The van der Waals surface area contributed by atoms with Gasteiger partial charge in [0.2, 0.25) is 0 Å². The summed E-state index contributed by atoms with van der Waals surface area (Å²) in [5, 5.41) is 4.78. The molecule has 1 N–H and O–H groups in total. The van der Waals surface area contributed by atoms with Crippen LogP contribution in [0.15, 0.2) is 47.8 Å². The van der Waals surface area contributed by atoms with Gasteiger partial charge >= 0.3 is 0 Å². The second kappa shape index (κ2) is 7.49. The Kier molecular flexibility index (Phi) is 5.14. The molecule has 3 rings (SSSR count). The van der Waals surface area contributed by atoms with Crippen LogP contribution in [-0.2, 0) is 6.61 Å². The third kappa shape index (κ3) is 3.88. The number of hydrogen-bond donors (Lipinski definition) is 1. The highest BCUT2D eigenvalue weighted by Gasteiger charge is 2.16. The highest BCUT2D eigenvalue weighted by atomic mass is 32.1. The molecule has 0 aliphatic rings. The molecular formula is C20H20N2O2S. The SMILES string of the molecule is Cc1nc(NC(=O)c2cccs2)c(C)c(C)c1OCc1ccccc1. The fourth-order valence-electron chi connectivity index (χ4n) is 2.56. The minimum absolute atomic E-state index is 0.137. The molecule has 2 heterocycles. The molecule has 1 aromatic carbocycles. The Balaban J connectivity index is 1.80. The van der Waals surface area contributed by atoms with Crippen LogP contribution in [0.5, 0.6) is 5.75 Å². The predicted octanol–water partition coefficient (Wildman–Crippen LogP) is 4.90. The molecule has 0 atom stereocenters. The van der Waals surface area contributed by atoms with Crippen LogP contribution >= 0.6 is 11.3 Å². The quantitative estimate of drug-likeness (QED) is 0.710. The number of pyridine rings is 1. The van der Waals surface area contributed by atoms with E-state index in [9.17, 15) is 4.79 Å². The lowest BCUT2D eigenvalue weighted by molar-refractivity contribution is 0.103. The van der Waals surface area contributed by atoms with E-state index in [0.29, 0.717) is 17.3 Å². The van der Waals surface area contributed by atoms with E-state index in [1.54, 1.807) is 6.07 Å². The zero-order valence-corrected chi connectivity index (χ0v) is 15.3. The van der Waals surface area contributed by atoms with Crippen molar-refractivity contribution in [3.63, 3.8) is 0 Å². The Labute approximate surface area is 151 Å². The molecular weight excluding hydrogens is 332 g/mol. The Hall–Kier alpha value is -2.66. The lowest BCUT2D eigenvalue weighted by atomic mass is 10.1. The summed E-state index contributed by atoms with van der Waals surface area (Å²) in [4.78, 5) is 17.5. The smallest absolute Gasteiger partial charge is 0.266 e. The van der Waals surface area contributed by atoms with Crippen LogP contribution < -0.4 is 10.1 Å². The van der Waals surface area contributed by atoms with Gasteiger partial charge in [-0.1, -0.05) is 36.4 Å². The van der Waals surface area contributed by atoms with Crippen LogP contribution in [0.25, 0.3) is 0 Å². The Morgan fingerprint density at radius 1 is 1.08 bits per heavy atom. The third-order valence-electron chi connectivity index (χ3n) is 4.07. The monoisotopic (exact) mass is 352 g/mol. The maximum absolute atomic E-state index is 12.3. The lowest BCUT2D eigenvalue weighted by Gasteiger charge is -2.17. The predicted molar refractivity (Wildman–Crippen MR) is 101 cm³/mol. The van der Waals surface area contributed by atoms with Crippen LogP contribution in [0, 0.1) is 20.8 Å². The summed E-state index contributed by atoms with van der Waals surface area (Å²) < 4.78 is 5.99. The Morgan fingerprint density at radius 3 is 2.52 bits per heavy atom. The van der Waals surface area contributed by atoms with Crippen molar-refractivity contribution in [3.05, 3.63) is 75.1 Å². The summed E-state index contributed by atoms with van der Waals surface area (Å²) in [5.74, 6) is 1.22. The fourth-order valence-corrected chi connectivity index (χ4v) is 3.18. The van der Waals surface area contributed by atoms with Crippen molar-refractivity contribution in [2.45, 2.75) is 27.4 Å². The number of nitrogens with zero attached hydrogens (tertiary/aromatic N) is 1. The minimum atomic E-state index is -0.137. The molecule has 0 bridgehead atoms. The standard InChI is InChI=1S/C20H20N2O2S/c1-13-14(2)19(22-20(23)17-10-7-11-25-17)21-15(3)18(13)24-12-16-8-5-4-6-9-16/h4-11H,12H2,1-3H3,(H,21,22,23). The number of carbonyl (C=O) groups excluding carboxylic acids is 1. The van der Waals surface area contributed by atoms with Gasteiger partial charge in [-0.25, -0.2) is 4.98 Å². The van der Waals surface area contributed by atoms with Crippen LogP contribution in [0.1, 0.15) is 32.1 Å². The first-order chi connectivity index (χ1) is 12.1. The highest BCUT2D eigenvalue weighted by Crippen LogP contribution is 2.30. The largest absolute Gasteiger partial charge is 0.487 e. The second-order valence-electron chi connectivity index (χ2n) is 5.83. The maximum Gasteiger partial charge on any atom is 0.266 e. The number of rotatable bonds is 5. The van der Waals surface area contributed by atoms with E-state index >= 15 is 0 Å². The van der Waals surface area contributed by atoms with Crippen molar-refractivity contribution < 1.29 is 9.53 Å². The lowest BCUT2D eigenvalue weighted by Crippen LogP contribution is -2.14. The van der Waals surface area contributed by atoms with Crippen LogP contribution in [0.3, 0.4) is 0 Å². The molecule has 4 nitrogen and oxygen atoms in total. The third-order valence-corrected chi connectivity index (χ3v) is 4.94. The number of ether oxygens (including phenoxy) is 1. The summed E-state index contributed by atoms with van der Waals surface area (Å²) in [6, 6.07) is 13.7. The van der Waals surface area contributed by atoms with Gasteiger partial charge in [-0.05, 0) is 48.9 Å². The first-order valence-electron chi connectivity index (χ1n) is 8.05. The maximum atomic E-state index is 12.3. The van der Waals surface area contributed by atoms with Crippen LogP contribution in [-0.4, -0.2) is 10.9 Å². The molecule has 0 fully saturated rings. The van der Waals surface area contributed by atoms with Crippen molar-refractivity contribution in [2.75, 3.05) is 5.32 Å². The van der Waals surface area contributed by atoms with Gasteiger partial charge in [-0.3, -0.25) is 4.79 Å². The molecule has 0 aliphatic heterocycles. The molecule has 2 aromatic heterocycles. The molecule has 128 valence electrons. The molecule has 1 amide bonds. The first-order valence-corrected chi connectivity index (χ1v) is 8.93. The van der Waals surface area contributed by atoms with Gasteiger partial charge in [0.1, 0.15) is 18.2 Å². The number of thiophene rings is 1. The van der Waals surface area contributed by atoms with E-state index in [4.69, 9.17) is 4.74 Å². The molecule has 0 radical (unpaired) electrons. The average Bonchev–Trinajstić information content (AvgIpc) is 3.15. The van der Waals surface area contributed by atoms with Crippen LogP contribution in [0.2, 0.25) is 0 Å². The van der Waals surface area contributed by atoms with Crippen molar-refractivity contribution in [3.8, 4) is 5.75 Å². The summed E-state index contributed by atoms with van der Waals surface area (Å²) in [6.45, 7) is 6.32. The number of aromatic nitrogens is 1. The number of nitrogens with one attached hydrogen (secondary N) is 1. The summed E-state index contributed by atoms with van der Waals surface area (Å²) in [5.41, 5.74) is 3.78. The average molecular weight is 352 g/mol. The van der Waals surface area contributed by atoms with Crippen molar-refractivity contribution in [1.82, 2.24) is 4.98 Å². The number of amides is 1. The van der Waals surface area contributed by atoms with Gasteiger partial charge < -0.3 is 10.1 Å². The molecule has 0 spiro atoms. The zero-order valence-electron chi connectivity index (χ0n) is 14.5. The summed E-state index contributed by atoms with van der Waals surface area (Å²) in [6.07, 6.45) is 0. The normalized spacial score (nSPS) is 10.5. The fraction of sp³-hybridized carbons (Fsp3) is 0.200. The first kappa shape index (κ1) is 17.2. The molecule has 25 heavy (non-hydrogen) atoms. The van der Waals surface area contributed by atoms with Gasteiger partial charge in [0.15, 0.2) is 0 Å². The molecule has 3 aromatic rings. The van der Waals surface area contributed by atoms with Gasteiger partial charge in [0, 0.05) is 0 Å². The van der Waals surface area contributed by atoms with E-state index in [1.165, 1.54) is 11.3 Å². The van der Waals surface area contributed by atoms with Crippen molar-refractivity contribution in [1.29, 1.82) is 0 Å². The zero-order chi connectivity index (χ0) is 17.8. The van der Waals surface area contributed by atoms with Gasteiger partial charge in [0.25, 0.3) is 5.91 Å². The topological polar surface area (TPSA) is 51.2 Å². The number of aryl methyl sites for hydroxylation is 1. The molecule has 5 heteroatoms. The van der Waals surface area contributed by atoms with Crippen LogP contribution in [0.4, 0.5) is 5.82 Å². The van der Waals surface area contributed by atoms with Gasteiger partial charge in [-0.15, -0.1) is 11.3 Å². The molecule has 0 unspecified atom stereocenters. The van der Waals surface area contributed by atoms with Gasteiger partial charge in [0.05, 0.1) is 10.6 Å². The van der Waals surface area contributed by atoms with Crippen molar-refractivity contribution in [2.24, 2.45) is 0 Å². The molecule has 0 saturated heterocycles. The van der Waals surface area contributed by atoms with Crippen molar-refractivity contribution >= 4 is 23.1 Å². The highest BCUT2D eigenvalue weighted by molar-refractivity contribution is 7.12. The van der Waals surface area contributed by atoms with E-state index in [1.807, 2.05) is 62.5 Å². The van der Waals surface area contributed by atoms with Gasteiger partial charge in [-0.2, -0.15) is 0 Å². The number of carbonyl (C=O) groups is 1. The van der Waals surface area contributed by atoms with E-state index in [2.05, 4.69) is 10.3 Å². The summed E-state index contributed by atoms with van der Waals surface area (Å²) in [7, 11) is 0. The van der Waals surface area contributed by atoms with E-state index < -0.39 is 0 Å². The number of anilines is 1. The second-order valence-corrected chi connectivity index (χ2v) is 6.78. The molecule has 0 saturated carbocycles. The van der Waals surface area contributed by atoms with E-state index in [0.717, 1.165) is 28.1 Å². The number of benzene rings is 1. The summed E-state index contributed by atoms with van der Waals surface area (Å²) >= 11 is 1.41. The Bertz CT molecular complexity index is 874. The molecule has 0 aliphatic carbocycles. The Morgan fingerprint density at radius 2 is 1.84 bits per heavy atom. The van der Waals surface area contributed by atoms with E-state index in [-0.39, 0.29) is 5.91 Å². The minimum Gasteiger partial charge on any atom is -0.487 e.